The molecular weight excluding hydrogens is 915 g/mol. The van der Waals surface area contributed by atoms with Gasteiger partial charge in [-0.2, -0.15) is 0 Å². The molecule has 2 aliphatic heterocycles. The number of benzene rings is 2. The van der Waals surface area contributed by atoms with Crippen LogP contribution in [0, 0.1) is 16.7 Å². The predicted molar refractivity (Wildman–Crippen MR) is 243 cm³/mol. The van der Waals surface area contributed by atoms with Crippen LogP contribution in [0.5, 0.6) is 0 Å². The van der Waals surface area contributed by atoms with Crippen molar-refractivity contribution in [3.05, 3.63) is 82.9 Å². The van der Waals surface area contributed by atoms with Crippen molar-refractivity contribution in [1.82, 2.24) is 5.32 Å². The SMILES string of the molecule is CCCCCC(=O)N[C@@H](c1ccccc1)[C@@H](O)C(=O)O[C@H]1C[C@@]2(O)[C@@H](OC(=O)c3ccccc3)[C@@H]3[C@]4(OC(C)=O)CO[C@@H]4C[C@H](OC4OC[C@@H](O)[C@H](O)[C@H]4O)[C@@]3(C)C(=O)[C@H](OC(C)=O)C(=C1C)C2(C)C. The van der Waals surface area contributed by atoms with E-state index >= 15 is 4.79 Å². The average Bonchev–Trinajstić information content (AvgIpc) is 3.31. The normalized spacial score (nSPS) is 35.2. The van der Waals surface area contributed by atoms with E-state index in [0.717, 1.165) is 26.7 Å². The van der Waals surface area contributed by atoms with Crippen LogP contribution < -0.4 is 5.32 Å². The molecule has 4 fully saturated rings. The zero-order valence-corrected chi connectivity index (χ0v) is 40.4. The summed E-state index contributed by atoms with van der Waals surface area (Å²) in [6.45, 7) is 9.29. The van der Waals surface area contributed by atoms with Crippen LogP contribution >= 0.6 is 0 Å². The Morgan fingerprint density at radius 3 is 2.13 bits per heavy atom. The van der Waals surface area contributed by atoms with Gasteiger partial charge in [-0.1, -0.05) is 82.1 Å². The van der Waals surface area contributed by atoms with Crippen LogP contribution in [0.25, 0.3) is 0 Å². The third-order valence-corrected chi connectivity index (χ3v) is 15.2. The van der Waals surface area contributed by atoms with Gasteiger partial charge in [0.25, 0.3) is 0 Å². The number of nitrogens with one attached hydrogen (secondary N) is 1. The summed E-state index contributed by atoms with van der Waals surface area (Å²) >= 11 is 0. The van der Waals surface area contributed by atoms with Gasteiger partial charge in [0.2, 0.25) is 5.91 Å². The average molecular weight is 980 g/mol. The molecule has 1 unspecified atom stereocenters. The number of fused-ring (bicyclic) bond motifs is 5. The van der Waals surface area contributed by atoms with E-state index in [9.17, 15) is 49.5 Å². The number of hydrogen-bond donors (Lipinski definition) is 6. The lowest BCUT2D eigenvalue weighted by Crippen LogP contribution is -2.82. The Kier molecular flexibility index (Phi) is 15.5. The Morgan fingerprint density at radius 1 is 0.871 bits per heavy atom. The number of ether oxygens (including phenoxy) is 7. The molecule has 19 nitrogen and oxygen atoms in total. The standard InChI is InChI=1S/C51H65NO18/c1-8-9-12-21-35(56)52-37(29-17-13-10-14-18-29)39(58)46(62)67-32-23-51(63)44(69-45(61)30-19-15-11-16-20-30)42-49(7,43(60)41(66-27(3)53)36(26(32)2)48(51,5)6)33(22-34-50(42,25-65-34)70-28(4)54)68-47-40(59)38(57)31(55)24-64-47/h10-11,13-20,31-34,37-42,44,47,55,57-59,63H,8-9,12,21-25H2,1-7H3,(H,52,56)/t31-,32+,33+,34-,37+,38+,39-,40-,41-,42+,44+,47?,49-,50+,51-/m1/s1. The van der Waals surface area contributed by atoms with Gasteiger partial charge in [-0.15, -0.1) is 0 Å². The molecule has 0 aromatic heterocycles. The molecule has 2 heterocycles. The van der Waals surface area contributed by atoms with Gasteiger partial charge in [-0.25, -0.2) is 9.59 Å². The smallest absolute Gasteiger partial charge is 0.338 e. The molecule has 19 heteroatoms. The molecule has 5 aliphatic rings. The van der Waals surface area contributed by atoms with E-state index in [1.54, 1.807) is 48.5 Å². The van der Waals surface area contributed by atoms with Gasteiger partial charge >= 0.3 is 23.9 Å². The fourth-order valence-electron chi connectivity index (χ4n) is 11.4. The third kappa shape index (κ3) is 9.42. The minimum Gasteiger partial charge on any atom is -0.456 e. The molecule has 7 rings (SSSR count). The zero-order chi connectivity index (χ0) is 51.1. The largest absolute Gasteiger partial charge is 0.456 e. The summed E-state index contributed by atoms with van der Waals surface area (Å²) in [4.78, 5) is 85.1. The van der Waals surface area contributed by atoms with Crippen molar-refractivity contribution >= 4 is 35.6 Å². The number of unbranched alkanes of at least 4 members (excludes halogenated alkanes) is 2. The van der Waals surface area contributed by atoms with Crippen LogP contribution in [-0.2, 0) is 57.1 Å². The number of esters is 4. The Hall–Kier alpha value is -5.12. The molecule has 2 saturated carbocycles. The van der Waals surface area contributed by atoms with Crippen LogP contribution in [0.1, 0.15) is 109 Å². The lowest BCUT2D eigenvalue weighted by Gasteiger charge is -2.68. The van der Waals surface area contributed by atoms with E-state index in [4.69, 9.17) is 33.2 Å². The van der Waals surface area contributed by atoms with E-state index < -0.39 is 150 Å². The minimum absolute atomic E-state index is 0.0205. The molecule has 2 bridgehead atoms. The first-order chi connectivity index (χ1) is 33.0. The van der Waals surface area contributed by atoms with E-state index in [1.807, 2.05) is 6.92 Å². The number of carbonyl (C=O) groups is 6. The molecule has 2 aromatic carbocycles. The molecule has 0 spiro atoms. The Morgan fingerprint density at radius 2 is 1.53 bits per heavy atom. The first kappa shape index (κ1) is 52.7. The van der Waals surface area contributed by atoms with Crippen molar-refractivity contribution in [2.24, 2.45) is 16.7 Å². The summed E-state index contributed by atoms with van der Waals surface area (Å²) < 4.78 is 43.1. The number of rotatable bonds is 15. The fraction of sp³-hybridized carbons (Fsp3) is 0.608. The molecular formula is C51H65NO18. The van der Waals surface area contributed by atoms with Crippen molar-refractivity contribution in [2.45, 2.75) is 165 Å². The van der Waals surface area contributed by atoms with E-state index in [2.05, 4.69) is 5.32 Å². The van der Waals surface area contributed by atoms with Crippen LogP contribution in [0.2, 0.25) is 0 Å². The summed E-state index contributed by atoms with van der Waals surface area (Å²) in [6, 6.07) is 14.7. The maximum atomic E-state index is 16.2. The fourth-order valence-corrected chi connectivity index (χ4v) is 11.4. The van der Waals surface area contributed by atoms with Crippen molar-refractivity contribution < 1.29 is 87.5 Å². The van der Waals surface area contributed by atoms with Gasteiger partial charge in [0.05, 0.1) is 42.3 Å². The van der Waals surface area contributed by atoms with Crippen molar-refractivity contribution in [1.29, 1.82) is 0 Å². The molecule has 6 N–H and O–H groups in total. The van der Waals surface area contributed by atoms with Crippen LogP contribution in [0.15, 0.2) is 71.8 Å². The number of aliphatic hydroxyl groups excluding tert-OH is 4. The number of aliphatic hydroxyl groups is 5. The van der Waals surface area contributed by atoms with Gasteiger partial charge in [-0.05, 0) is 49.1 Å². The topological polar surface area (TPSA) is 280 Å². The lowest BCUT2D eigenvalue weighted by atomic mass is 9.44. The van der Waals surface area contributed by atoms with Crippen molar-refractivity contribution in [3.8, 4) is 0 Å². The predicted octanol–water partition coefficient (Wildman–Crippen LogP) is 2.47. The van der Waals surface area contributed by atoms with E-state index in [1.165, 1.54) is 39.8 Å². The van der Waals surface area contributed by atoms with E-state index in [-0.39, 0.29) is 29.6 Å². The second kappa shape index (κ2) is 20.5. The monoisotopic (exact) mass is 979 g/mol. The summed E-state index contributed by atoms with van der Waals surface area (Å²) in [7, 11) is 0. The highest BCUT2D eigenvalue weighted by atomic mass is 16.7. The molecule has 2 saturated heterocycles. The second-order valence-corrected chi connectivity index (χ2v) is 19.9. The van der Waals surface area contributed by atoms with Gasteiger partial charge in [0, 0.05) is 38.5 Å². The lowest BCUT2D eigenvalue weighted by molar-refractivity contribution is -0.366. The highest BCUT2D eigenvalue weighted by molar-refractivity contribution is 5.95. The Balaban J connectivity index is 1.42. The second-order valence-electron chi connectivity index (χ2n) is 19.9. The quantitative estimate of drug-likeness (QED) is 0.0647. The third-order valence-electron chi connectivity index (χ3n) is 15.2. The molecule has 70 heavy (non-hydrogen) atoms. The minimum atomic E-state index is -2.49. The summed E-state index contributed by atoms with van der Waals surface area (Å²) in [5.41, 5.74) is -7.84. The van der Waals surface area contributed by atoms with Gasteiger partial charge in [0.15, 0.2) is 29.9 Å². The maximum Gasteiger partial charge on any atom is 0.338 e. The van der Waals surface area contributed by atoms with Crippen molar-refractivity contribution in [2.75, 3.05) is 13.2 Å². The molecule has 15 atom stereocenters. The van der Waals surface area contributed by atoms with Gasteiger partial charge in [-0.3, -0.25) is 19.2 Å². The Labute approximate surface area is 405 Å². The summed E-state index contributed by atoms with van der Waals surface area (Å²) in [5, 5.41) is 60.7. The number of carbonyl (C=O) groups excluding carboxylic acids is 6. The molecule has 2 aromatic rings. The van der Waals surface area contributed by atoms with Crippen molar-refractivity contribution in [3.63, 3.8) is 0 Å². The van der Waals surface area contributed by atoms with Crippen LogP contribution in [0.3, 0.4) is 0 Å². The number of Topliss-reactive ketones (excluding diaryl/α,β-unsaturated/α-hetero) is 1. The maximum absolute atomic E-state index is 16.2. The number of ketones is 1. The zero-order valence-electron chi connectivity index (χ0n) is 40.4. The first-order valence-electron chi connectivity index (χ1n) is 23.8. The molecule has 382 valence electrons. The molecule has 3 aliphatic carbocycles. The Bertz CT molecular complexity index is 2320. The van der Waals surface area contributed by atoms with Crippen LogP contribution in [-0.4, -0.2) is 147 Å². The molecule has 0 radical (unpaired) electrons. The number of hydrogen-bond acceptors (Lipinski definition) is 18. The highest BCUT2D eigenvalue weighted by Gasteiger charge is 2.79. The van der Waals surface area contributed by atoms with Gasteiger partial charge < -0.3 is 64.0 Å². The number of amides is 1. The highest BCUT2D eigenvalue weighted by Crippen LogP contribution is 2.65. The first-order valence-corrected chi connectivity index (χ1v) is 23.8. The summed E-state index contributed by atoms with van der Waals surface area (Å²) in [6.07, 6.45) is -15.4. The summed E-state index contributed by atoms with van der Waals surface area (Å²) in [5.74, 6) is -7.02. The van der Waals surface area contributed by atoms with E-state index in [0.29, 0.717) is 12.0 Å². The molecule has 1 amide bonds. The van der Waals surface area contributed by atoms with Crippen LogP contribution in [0.4, 0.5) is 0 Å². The van der Waals surface area contributed by atoms with Gasteiger partial charge in [0.1, 0.15) is 42.2 Å².